The molecule has 20 heteroatoms. The zero-order valence-corrected chi connectivity index (χ0v) is 76.5. The fraction of sp³-hybridized carbons (Fsp3) is 0.426. The molecule has 12 aliphatic rings. The van der Waals surface area contributed by atoms with E-state index in [1.165, 1.54) is 21.6 Å². The number of rotatable bonds is 12. The van der Waals surface area contributed by atoms with Crippen LogP contribution >= 0.6 is 0 Å². The van der Waals surface area contributed by atoms with Crippen LogP contribution in [0.4, 0.5) is 0 Å². The van der Waals surface area contributed by atoms with Crippen molar-refractivity contribution in [3.63, 3.8) is 0 Å². The van der Waals surface area contributed by atoms with E-state index in [-0.39, 0.29) is 131 Å². The third-order valence-corrected chi connectivity index (χ3v) is 27.3. The van der Waals surface area contributed by atoms with Crippen LogP contribution in [0.2, 0.25) is 0 Å². The highest BCUT2D eigenvalue weighted by Crippen LogP contribution is 2.42. The van der Waals surface area contributed by atoms with Gasteiger partial charge in [-0.05, 0) is 205 Å². The Morgan fingerprint density at radius 1 is 0.250 bits per heavy atom. The molecule has 6 saturated carbocycles. The van der Waals surface area contributed by atoms with Gasteiger partial charge in [0.05, 0.1) is 58.5 Å². The van der Waals surface area contributed by atoms with E-state index < -0.39 is 12.1 Å². The van der Waals surface area contributed by atoms with E-state index in [0.29, 0.717) is 149 Å². The number of carbonyl (C=O) groups is 14. The predicted octanol–water partition coefficient (Wildman–Crippen LogP) is 19.9. The molecule has 0 saturated heterocycles. The fourth-order valence-corrected chi connectivity index (χ4v) is 19.8. The van der Waals surface area contributed by atoms with E-state index >= 15 is 0 Å². The number of allylic oxidation sites excluding steroid dienone is 6. The summed E-state index contributed by atoms with van der Waals surface area (Å²) in [5, 5.41) is 0. The van der Waals surface area contributed by atoms with E-state index in [2.05, 4.69) is 113 Å². The van der Waals surface area contributed by atoms with Crippen molar-refractivity contribution in [2.75, 3.05) is 0 Å². The molecule has 668 valence electrons. The standard InChI is InChI=1S/2C18H19NO3.4C18H21NO2/c1-10(2)12-5-6-13-14(9-12)18(22)19(17(13)21)15-7-4-11(3)8-16(15)20;1-10(2)12-5-4-6-13-16(12)18(22)19(17(13)21)14-8-7-11(3)9-15(14)20;1-11(2)13-5-6-15-14(9-13)10-19(18(15)21)16-7-4-12(3)8-17(16)20;1-11(2)13-5-6-14-10-19(18(21)15(14)9-13)16-7-4-12(3)8-17(16)20;1-11(2)13-5-4-6-14-15(13)10-19(18(14)21)16-8-7-12(3)9-17(16)20;1-11(2)14-6-4-5-13-10-19(18(21)17(13)14)15-8-7-12(3)9-16(15)20/h5-6,9-10,15H,3-4,7-8H2,1-2H3;4-6,10,14H,3,7-9H2,1-2H3;2*5-6,9,11,16H,3-4,7-8,10H2,1-2H3;4-6,11,16H,3,7-10H2,1-2H3;4-6,11,15H,3,7-10H2,1-2H3. The van der Waals surface area contributed by atoms with Crippen molar-refractivity contribution in [3.05, 3.63) is 282 Å². The van der Waals surface area contributed by atoms with Crippen molar-refractivity contribution in [1.82, 2.24) is 29.4 Å². The van der Waals surface area contributed by atoms with Gasteiger partial charge in [0, 0.05) is 87.0 Å². The number of benzene rings is 6. The highest BCUT2D eigenvalue weighted by Gasteiger charge is 2.48. The molecule has 0 radical (unpaired) electrons. The minimum Gasteiger partial charge on any atom is -0.324 e. The number of Topliss-reactive ketones (excluding diaryl/α,β-unsaturated/α-hetero) is 6. The third-order valence-electron chi connectivity index (χ3n) is 27.3. The van der Waals surface area contributed by atoms with Crippen LogP contribution in [0.5, 0.6) is 0 Å². The van der Waals surface area contributed by atoms with E-state index in [9.17, 15) is 67.1 Å². The van der Waals surface area contributed by atoms with Crippen LogP contribution in [0.1, 0.15) is 373 Å². The lowest BCUT2D eigenvalue weighted by Crippen LogP contribution is -2.46. The van der Waals surface area contributed by atoms with Crippen molar-refractivity contribution < 1.29 is 67.1 Å². The zero-order valence-electron chi connectivity index (χ0n) is 76.5. The number of carbonyl (C=O) groups excluding carboxylic acids is 14. The summed E-state index contributed by atoms with van der Waals surface area (Å²) in [4.78, 5) is 184. The second-order valence-corrected chi connectivity index (χ2v) is 38.5. The summed E-state index contributed by atoms with van der Waals surface area (Å²) < 4.78 is 0. The maximum absolute atomic E-state index is 12.8. The number of ketones is 6. The molecule has 0 spiro atoms. The first-order valence-electron chi connectivity index (χ1n) is 45.6. The van der Waals surface area contributed by atoms with Gasteiger partial charge in [0.2, 0.25) is 0 Å². The first-order valence-corrected chi connectivity index (χ1v) is 45.6. The van der Waals surface area contributed by atoms with Gasteiger partial charge >= 0.3 is 0 Å². The highest BCUT2D eigenvalue weighted by molar-refractivity contribution is 6.24. The Balaban J connectivity index is 0.000000131. The van der Waals surface area contributed by atoms with Gasteiger partial charge in [-0.1, -0.05) is 229 Å². The molecule has 8 amide bonds. The number of hydrogen-bond acceptors (Lipinski definition) is 14. The smallest absolute Gasteiger partial charge is 0.262 e. The Labute approximate surface area is 753 Å². The minimum atomic E-state index is -0.641. The SMILES string of the molecule is C=C1CCC(N2C(=O)c3ccc(C(C)C)cc3C2=O)C(=O)C1.C=C1CCC(N2C(=O)c3cccc(C(C)C)c3C2=O)C(=O)C1.C=C1CCC(N2Cc3c(cccc3C(C)C)C2=O)C(=O)C1.C=C1CCC(N2Cc3cc(C(C)C)ccc3C2=O)C(=O)C1.C=C1CCC(N2Cc3ccc(C(C)C)cc3C2=O)C(=O)C1.C=C1CCC(N2Cc3cccc(C(C)C)c3C2=O)C(=O)C1. The van der Waals surface area contributed by atoms with Gasteiger partial charge in [-0.25, -0.2) is 0 Å². The Kier molecular flexibility index (Phi) is 28.4. The van der Waals surface area contributed by atoms with Crippen molar-refractivity contribution in [2.24, 2.45) is 0 Å². The molecule has 6 fully saturated rings. The molecule has 6 aliphatic heterocycles. The maximum atomic E-state index is 12.8. The Morgan fingerprint density at radius 2 is 0.570 bits per heavy atom. The molecule has 128 heavy (non-hydrogen) atoms. The summed E-state index contributed by atoms with van der Waals surface area (Å²) in [7, 11) is 0. The van der Waals surface area contributed by atoms with E-state index in [0.717, 1.165) is 125 Å². The van der Waals surface area contributed by atoms with Crippen molar-refractivity contribution in [3.8, 4) is 0 Å². The van der Waals surface area contributed by atoms with Gasteiger partial charge in [0.15, 0.2) is 34.7 Å². The number of nitrogens with zero attached hydrogens (tertiary/aromatic N) is 6. The van der Waals surface area contributed by atoms with Crippen LogP contribution in [0, 0.1) is 0 Å². The van der Waals surface area contributed by atoms with Gasteiger partial charge in [-0.3, -0.25) is 76.9 Å². The summed E-state index contributed by atoms with van der Waals surface area (Å²) in [5.41, 5.74) is 21.4. The highest BCUT2D eigenvalue weighted by atomic mass is 16.2. The molecule has 18 rings (SSSR count). The molecular formula is C108H122N6O14. The van der Waals surface area contributed by atoms with Crippen LogP contribution in [0.3, 0.4) is 0 Å². The summed E-state index contributed by atoms with van der Waals surface area (Å²) in [6.07, 6.45) is 10.8. The monoisotopic (exact) mass is 1730 g/mol. The van der Waals surface area contributed by atoms with Gasteiger partial charge in [0.25, 0.3) is 47.3 Å². The van der Waals surface area contributed by atoms with Crippen LogP contribution in [0.25, 0.3) is 0 Å². The van der Waals surface area contributed by atoms with Gasteiger partial charge in [-0.2, -0.15) is 0 Å². The predicted molar refractivity (Wildman–Crippen MR) is 494 cm³/mol. The number of amides is 8. The lowest BCUT2D eigenvalue weighted by Gasteiger charge is -2.30. The van der Waals surface area contributed by atoms with Gasteiger partial charge in [-0.15, -0.1) is 0 Å². The molecule has 20 nitrogen and oxygen atoms in total. The van der Waals surface area contributed by atoms with Crippen LogP contribution < -0.4 is 0 Å². The maximum Gasteiger partial charge on any atom is 0.262 e. The quantitative estimate of drug-likeness (QED) is 0.0815. The van der Waals surface area contributed by atoms with Crippen LogP contribution in [-0.2, 0) is 54.9 Å². The average Bonchev–Trinajstić information content (AvgIpc) is 1.59. The molecule has 0 bridgehead atoms. The first-order chi connectivity index (χ1) is 60.7. The molecule has 6 atom stereocenters. The van der Waals surface area contributed by atoms with Crippen molar-refractivity contribution >= 4 is 82.0 Å². The summed E-state index contributed by atoms with van der Waals surface area (Å²) in [6.45, 7) is 50.6. The van der Waals surface area contributed by atoms with E-state index in [4.69, 9.17) is 0 Å². The van der Waals surface area contributed by atoms with Crippen LogP contribution in [-0.4, -0.2) is 148 Å². The molecule has 6 heterocycles. The summed E-state index contributed by atoms with van der Waals surface area (Å²) in [5.74, 6) is 1.05. The van der Waals surface area contributed by atoms with E-state index in [1.54, 1.807) is 43.9 Å². The van der Waals surface area contributed by atoms with Gasteiger partial charge in [0.1, 0.15) is 0 Å². The fourth-order valence-electron chi connectivity index (χ4n) is 19.8. The third kappa shape index (κ3) is 19.2. The Morgan fingerprint density at radius 3 is 1.01 bits per heavy atom. The van der Waals surface area contributed by atoms with Crippen LogP contribution in [0.15, 0.2) is 182 Å². The summed E-state index contributed by atoms with van der Waals surface area (Å²) in [6, 6.07) is 32.5. The molecule has 6 unspecified atom stereocenters. The lowest BCUT2D eigenvalue weighted by molar-refractivity contribution is -0.124. The topological polar surface area (TPSA) is 258 Å². The molecule has 0 aromatic heterocycles. The van der Waals surface area contributed by atoms with E-state index in [1.807, 2.05) is 94.4 Å². The van der Waals surface area contributed by atoms with Crippen molar-refractivity contribution in [1.29, 1.82) is 0 Å². The Bertz CT molecular complexity index is 5620. The van der Waals surface area contributed by atoms with Crippen molar-refractivity contribution in [2.45, 2.75) is 297 Å². The number of fused-ring (bicyclic) bond motifs is 6. The Hall–Kier alpha value is -12.1. The molecule has 6 aromatic rings. The summed E-state index contributed by atoms with van der Waals surface area (Å²) >= 11 is 0. The molecular weight excluding hydrogens is 1610 g/mol. The first kappa shape index (κ1) is 93.6. The second kappa shape index (κ2) is 38.9. The second-order valence-electron chi connectivity index (χ2n) is 38.5. The minimum absolute atomic E-state index is 0.00571. The normalized spacial score (nSPS) is 22.0. The molecule has 6 aliphatic carbocycles. The molecule has 6 aromatic carbocycles. The lowest BCUT2D eigenvalue weighted by atomic mass is 9.89. The average molecular weight is 1730 g/mol. The number of hydrogen-bond donors (Lipinski definition) is 0. The van der Waals surface area contributed by atoms with Gasteiger partial charge < -0.3 is 19.6 Å². The molecule has 0 N–H and O–H groups in total. The number of imide groups is 2. The zero-order chi connectivity index (χ0) is 92.6. The largest absolute Gasteiger partial charge is 0.324 e.